The van der Waals surface area contributed by atoms with Crippen LogP contribution in [0.5, 0.6) is 0 Å². The smallest absolute Gasteiger partial charge is 0.192 e. The van der Waals surface area contributed by atoms with E-state index in [-0.39, 0.29) is 34.9 Å². The molecule has 1 aliphatic heterocycles. The van der Waals surface area contributed by atoms with Gasteiger partial charge in [-0.1, -0.05) is 54.6 Å². The highest BCUT2D eigenvalue weighted by Gasteiger charge is 2.51. The summed E-state index contributed by atoms with van der Waals surface area (Å²) in [6.07, 6.45) is -0.103. The molecule has 4 atom stereocenters. The fourth-order valence-electron chi connectivity index (χ4n) is 3.92. The Morgan fingerprint density at radius 2 is 1.61 bits per heavy atom. The van der Waals surface area contributed by atoms with Crippen LogP contribution in [0.4, 0.5) is 0 Å². The van der Waals surface area contributed by atoms with Crippen LogP contribution in [0.15, 0.2) is 0 Å². The average Bonchev–Trinajstić information content (AvgIpc) is 2.59. The van der Waals surface area contributed by atoms with Gasteiger partial charge < -0.3 is 22.8 Å². The van der Waals surface area contributed by atoms with Crippen LogP contribution in [0.25, 0.3) is 0 Å². The predicted octanol–water partition coefficient (Wildman–Crippen LogP) is 3.32. The number of methoxy groups -OCH3 is 1. The van der Waals surface area contributed by atoms with Crippen molar-refractivity contribution in [3.63, 3.8) is 0 Å². The molecule has 0 bridgehead atoms. The standard InChI is InChI=1S/C20H46O5Si3/c1-14-12-22-15(13-23-28(10,11)19(2,3)4)16(17(14)21-7)20(5,6)18(24-26-8)25-27-9/h14-18H,12-13,26-27H2,1-11H3/t14-,15+,16-,17-/m0/s1. The molecule has 5 nitrogen and oxygen atoms in total. The molecular formula is C20H46O5Si3. The molecule has 8 heteroatoms. The Bertz CT molecular complexity index is 461. The number of rotatable bonds is 10. The molecule has 1 fully saturated rings. The van der Waals surface area contributed by atoms with Crippen molar-refractivity contribution in [3.8, 4) is 0 Å². The summed E-state index contributed by atoms with van der Waals surface area (Å²) in [6, 6.07) is 0. The van der Waals surface area contributed by atoms with Crippen LogP contribution in [0.3, 0.4) is 0 Å². The molecule has 0 spiro atoms. The van der Waals surface area contributed by atoms with Gasteiger partial charge in [-0.2, -0.15) is 0 Å². The van der Waals surface area contributed by atoms with Crippen LogP contribution in [0.1, 0.15) is 41.5 Å². The van der Waals surface area contributed by atoms with Crippen molar-refractivity contribution >= 4 is 27.8 Å². The van der Waals surface area contributed by atoms with Crippen LogP contribution in [0.2, 0.25) is 31.2 Å². The summed E-state index contributed by atoms with van der Waals surface area (Å²) in [4.78, 5) is 0. The zero-order chi connectivity index (χ0) is 21.8. The Balaban J connectivity index is 3.16. The van der Waals surface area contributed by atoms with Gasteiger partial charge in [0.15, 0.2) is 27.8 Å². The van der Waals surface area contributed by atoms with Crippen LogP contribution in [0, 0.1) is 17.3 Å². The van der Waals surface area contributed by atoms with Crippen molar-refractivity contribution in [1.82, 2.24) is 0 Å². The predicted molar refractivity (Wildman–Crippen MR) is 125 cm³/mol. The van der Waals surface area contributed by atoms with E-state index in [0.29, 0.717) is 19.1 Å². The zero-order valence-corrected chi connectivity index (χ0v) is 24.1. The first kappa shape index (κ1) is 26.5. The molecule has 0 N–H and O–H groups in total. The monoisotopic (exact) mass is 450 g/mol. The van der Waals surface area contributed by atoms with Gasteiger partial charge in [0.2, 0.25) is 0 Å². The van der Waals surface area contributed by atoms with Gasteiger partial charge in [0.1, 0.15) is 6.29 Å². The maximum absolute atomic E-state index is 6.58. The van der Waals surface area contributed by atoms with E-state index in [9.17, 15) is 0 Å². The van der Waals surface area contributed by atoms with Gasteiger partial charge in [-0.05, 0) is 18.1 Å². The molecule has 1 rings (SSSR count). The van der Waals surface area contributed by atoms with Crippen LogP contribution >= 0.6 is 0 Å². The summed E-state index contributed by atoms with van der Waals surface area (Å²) in [5, 5.41) is 0.178. The summed E-state index contributed by atoms with van der Waals surface area (Å²) in [5.74, 6) is 0.480. The first-order chi connectivity index (χ1) is 12.8. The minimum atomic E-state index is -1.85. The van der Waals surface area contributed by atoms with Gasteiger partial charge in [0, 0.05) is 24.4 Å². The highest BCUT2D eigenvalue weighted by atomic mass is 28.4. The van der Waals surface area contributed by atoms with Gasteiger partial charge in [-0.25, -0.2) is 0 Å². The SMILES string of the molecule is CO[C@@H]1[C@@H](C(C)(C)C(O[SiH2]C)O[SiH2]C)[C@@H](CO[Si](C)(C)C(C)(C)C)OC[C@@H]1C. The molecule has 0 unspecified atom stereocenters. The van der Waals surface area contributed by atoms with Gasteiger partial charge >= 0.3 is 0 Å². The molecule has 28 heavy (non-hydrogen) atoms. The summed E-state index contributed by atoms with van der Waals surface area (Å²) >= 11 is 0. The fraction of sp³-hybridized carbons (Fsp3) is 1.00. The van der Waals surface area contributed by atoms with Gasteiger partial charge in [-0.3, -0.25) is 0 Å². The third-order valence-electron chi connectivity index (χ3n) is 6.68. The Morgan fingerprint density at radius 3 is 2.04 bits per heavy atom. The maximum Gasteiger partial charge on any atom is 0.192 e. The van der Waals surface area contributed by atoms with Crippen molar-refractivity contribution in [2.24, 2.45) is 17.3 Å². The maximum atomic E-state index is 6.58. The second-order valence-electron chi connectivity index (χ2n) is 10.2. The normalized spacial score (nSPS) is 29.2. The van der Waals surface area contributed by atoms with Crippen molar-refractivity contribution < 1.29 is 22.8 Å². The van der Waals surface area contributed by atoms with E-state index in [0.717, 1.165) is 0 Å². The van der Waals surface area contributed by atoms with E-state index in [1.165, 1.54) is 0 Å². The highest BCUT2D eigenvalue weighted by molar-refractivity contribution is 6.74. The van der Waals surface area contributed by atoms with Crippen LogP contribution in [-0.2, 0) is 22.8 Å². The lowest BCUT2D eigenvalue weighted by atomic mass is 9.68. The molecular weight excluding hydrogens is 404 g/mol. The van der Waals surface area contributed by atoms with Crippen molar-refractivity contribution in [2.75, 3.05) is 20.3 Å². The lowest BCUT2D eigenvalue weighted by Crippen LogP contribution is -2.58. The molecule has 0 aromatic carbocycles. The Labute approximate surface area is 179 Å². The Morgan fingerprint density at radius 1 is 1.07 bits per heavy atom. The number of hydrogen-bond acceptors (Lipinski definition) is 5. The quantitative estimate of drug-likeness (QED) is 0.377. The number of hydrogen-bond donors (Lipinski definition) is 0. The second kappa shape index (κ2) is 10.7. The number of ether oxygens (including phenoxy) is 2. The van der Waals surface area contributed by atoms with E-state index in [1.54, 1.807) is 0 Å². The minimum absolute atomic E-state index is 0.0166. The Hall–Kier alpha value is 0.451. The molecule has 1 saturated heterocycles. The molecule has 0 radical (unpaired) electrons. The molecule has 0 amide bonds. The first-order valence-corrected chi connectivity index (χ1v) is 17.7. The molecule has 1 aliphatic rings. The minimum Gasteiger partial charge on any atom is -0.414 e. The third-order valence-corrected chi connectivity index (χ3v) is 12.5. The summed E-state index contributed by atoms with van der Waals surface area (Å²) < 4.78 is 31.3. The fourth-order valence-corrected chi connectivity index (χ4v) is 6.78. The topological polar surface area (TPSA) is 46.2 Å². The summed E-state index contributed by atoms with van der Waals surface area (Å²) in [7, 11) is -1.20. The molecule has 1 heterocycles. The van der Waals surface area contributed by atoms with Crippen molar-refractivity contribution in [1.29, 1.82) is 0 Å². The molecule has 0 aromatic rings. The average molecular weight is 451 g/mol. The van der Waals surface area contributed by atoms with Gasteiger partial charge in [0.05, 0.1) is 25.4 Å². The van der Waals surface area contributed by atoms with Crippen LogP contribution < -0.4 is 0 Å². The summed E-state index contributed by atoms with van der Waals surface area (Å²) in [6.45, 7) is 23.8. The first-order valence-electron chi connectivity index (χ1n) is 10.8. The van der Waals surface area contributed by atoms with E-state index >= 15 is 0 Å². The Kier molecular flexibility index (Phi) is 10.1. The van der Waals surface area contributed by atoms with Crippen molar-refractivity contribution in [2.45, 2.75) is 91.3 Å². The molecule has 0 aliphatic carbocycles. The van der Waals surface area contributed by atoms with E-state index in [2.05, 4.69) is 67.7 Å². The molecule has 168 valence electrons. The van der Waals surface area contributed by atoms with E-state index < -0.39 is 27.8 Å². The highest BCUT2D eigenvalue weighted by Crippen LogP contribution is 2.45. The van der Waals surface area contributed by atoms with E-state index in [1.807, 2.05) is 7.11 Å². The van der Waals surface area contributed by atoms with Crippen molar-refractivity contribution in [3.05, 3.63) is 0 Å². The lowest BCUT2D eigenvalue weighted by molar-refractivity contribution is -0.216. The summed E-state index contributed by atoms with van der Waals surface area (Å²) in [5.41, 5.74) is -0.219. The van der Waals surface area contributed by atoms with E-state index in [4.69, 9.17) is 22.8 Å². The lowest BCUT2D eigenvalue weighted by Gasteiger charge is -2.51. The van der Waals surface area contributed by atoms with Gasteiger partial charge in [-0.15, -0.1) is 0 Å². The third kappa shape index (κ3) is 6.23. The second-order valence-corrected chi connectivity index (χ2v) is 16.8. The molecule has 0 aromatic heterocycles. The van der Waals surface area contributed by atoms with Crippen LogP contribution in [-0.4, -0.2) is 66.7 Å². The zero-order valence-electron chi connectivity index (χ0n) is 20.3. The van der Waals surface area contributed by atoms with Gasteiger partial charge in [0.25, 0.3) is 0 Å². The largest absolute Gasteiger partial charge is 0.414 e. The molecule has 0 saturated carbocycles.